The summed E-state index contributed by atoms with van der Waals surface area (Å²) in [5.74, 6) is 0.163. The fraction of sp³-hybridized carbons (Fsp3) is 0.538. The second-order valence-electron chi connectivity index (χ2n) is 4.73. The molecule has 1 atom stereocenters. The molecule has 8 heteroatoms. The summed E-state index contributed by atoms with van der Waals surface area (Å²) in [5, 5.41) is 22.7. The Labute approximate surface area is 122 Å². The van der Waals surface area contributed by atoms with Crippen molar-refractivity contribution < 1.29 is 9.66 Å². The van der Waals surface area contributed by atoms with Crippen molar-refractivity contribution in [3.05, 3.63) is 27.9 Å². The van der Waals surface area contributed by atoms with Crippen molar-refractivity contribution in [1.29, 1.82) is 5.26 Å². The lowest BCUT2D eigenvalue weighted by Crippen LogP contribution is -2.45. The summed E-state index contributed by atoms with van der Waals surface area (Å²) in [4.78, 5) is 16.7. The van der Waals surface area contributed by atoms with Crippen molar-refractivity contribution >= 4 is 11.5 Å². The van der Waals surface area contributed by atoms with Crippen molar-refractivity contribution in [2.75, 3.05) is 38.1 Å². The molecule has 112 valence electrons. The van der Waals surface area contributed by atoms with Crippen LogP contribution in [0.15, 0.2) is 12.3 Å². The van der Waals surface area contributed by atoms with Crippen LogP contribution in [0.4, 0.5) is 11.5 Å². The van der Waals surface area contributed by atoms with E-state index in [1.165, 1.54) is 12.3 Å². The van der Waals surface area contributed by atoms with Crippen LogP contribution in [0.3, 0.4) is 0 Å². The molecule has 0 spiro atoms. The molecule has 2 rings (SSSR count). The standard InChI is InChI=1S/C13H17N5O3/c1-2-17-3-4-21-11(9-17)8-16-13-12(18(19)20)5-10(6-14)7-15-13/h5,7,11H,2-4,8-9H2,1H3,(H,15,16). The molecular formula is C13H17N5O3. The number of hydrogen-bond acceptors (Lipinski definition) is 7. The van der Waals surface area contributed by atoms with Crippen LogP contribution in [0.5, 0.6) is 0 Å². The summed E-state index contributed by atoms with van der Waals surface area (Å²) in [6.45, 7) is 5.83. The van der Waals surface area contributed by atoms with E-state index in [1.807, 2.05) is 6.07 Å². The number of nitro groups is 1. The summed E-state index contributed by atoms with van der Waals surface area (Å²) in [5.41, 5.74) is -0.0319. The molecule has 1 aliphatic heterocycles. The van der Waals surface area contributed by atoms with Gasteiger partial charge in [-0.05, 0) is 6.54 Å². The maximum atomic E-state index is 11.0. The molecule has 21 heavy (non-hydrogen) atoms. The number of nitrogens with one attached hydrogen (secondary N) is 1. The molecule has 1 aliphatic rings. The molecule has 0 aromatic carbocycles. The molecule has 0 radical (unpaired) electrons. The molecule has 1 aromatic heterocycles. The fourth-order valence-electron chi connectivity index (χ4n) is 2.19. The van der Waals surface area contributed by atoms with Crippen LogP contribution in [0, 0.1) is 21.4 Å². The van der Waals surface area contributed by atoms with Crippen LogP contribution in [0.1, 0.15) is 12.5 Å². The van der Waals surface area contributed by atoms with Gasteiger partial charge < -0.3 is 10.1 Å². The summed E-state index contributed by atoms with van der Waals surface area (Å²) in [7, 11) is 0. The molecule has 0 amide bonds. The van der Waals surface area contributed by atoms with Crippen molar-refractivity contribution in [2.45, 2.75) is 13.0 Å². The Kier molecular flexibility index (Phi) is 5.03. The molecule has 8 nitrogen and oxygen atoms in total. The summed E-state index contributed by atoms with van der Waals surface area (Å²) >= 11 is 0. The quantitative estimate of drug-likeness (QED) is 0.637. The first-order valence-electron chi connectivity index (χ1n) is 6.76. The first-order valence-corrected chi connectivity index (χ1v) is 6.76. The van der Waals surface area contributed by atoms with Gasteiger partial charge in [-0.15, -0.1) is 0 Å². The summed E-state index contributed by atoms with van der Waals surface area (Å²) < 4.78 is 5.62. The highest BCUT2D eigenvalue weighted by molar-refractivity contribution is 5.58. The second kappa shape index (κ2) is 6.97. The van der Waals surface area contributed by atoms with E-state index in [0.717, 1.165) is 19.6 Å². The predicted octanol–water partition coefficient (Wildman–Crippen LogP) is 0.994. The number of aromatic nitrogens is 1. The highest BCUT2D eigenvalue weighted by Gasteiger charge is 2.21. The van der Waals surface area contributed by atoms with Gasteiger partial charge in [0.05, 0.1) is 23.2 Å². The molecule has 1 fully saturated rings. The number of nitriles is 1. The number of likely N-dealkylation sites (N-methyl/N-ethyl adjacent to an activating group) is 1. The van der Waals surface area contributed by atoms with Gasteiger partial charge in [0, 0.05) is 31.9 Å². The Bertz CT molecular complexity index is 557. The number of pyridine rings is 1. The van der Waals surface area contributed by atoms with Crippen molar-refractivity contribution in [3.63, 3.8) is 0 Å². The first-order chi connectivity index (χ1) is 10.1. The zero-order chi connectivity index (χ0) is 15.2. The van der Waals surface area contributed by atoms with Crippen LogP contribution in [-0.4, -0.2) is 53.7 Å². The van der Waals surface area contributed by atoms with Crippen LogP contribution >= 0.6 is 0 Å². The van der Waals surface area contributed by atoms with Gasteiger partial charge in [-0.3, -0.25) is 15.0 Å². The van der Waals surface area contributed by atoms with Crippen LogP contribution in [-0.2, 0) is 4.74 Å². The minimum Gasteiger partial charge on any atom is -0.374 e. The maximum Gasteiger partial charge on any atom is 0.312 e. The number of morpholine rings is 1. The van der Waals surface area contributed by atoms with E-state index in [9.17, 15) is 10.1 Å². The Morgan fingerprint density at radius 1 is 1.71 bits per heavy atom. The second-order valence-corrected chi connectivity index (χ2v) is 4.73. The van der Waals surface area contributed by atoms with Gasteiger partial charge >= 0.3 is 5.69 Å². The lowest BCUT2D eigenvalue weighted by atomic mass is 10.2. The van der Waals surface area contributed by atoms with Crippen LogP contribution in [0.25, 0.3) is 0 Å². The predicted molar refractivity (Wildman–Crippen MR) is 76.0 cm³/mol. The number of hydrogen-bond donors (Lipinski definition) is 1. The third-order valence-corrected chi connectivity index (χ3v) is 3.36. The van der Waals surface area contributed by atoms with E-state index < -0.39 is 4.92 Å². The molecule has 1 unspecified atom stereocenters. The molecule has 1 aromatic rings. The molecule has 1 saturated heterocycles. The van der Waals surface area contributed by atoms with Crippen LogP contribution in [0.2, 0.25) is 0 Å². The Hall–Kier alpha value is -2.24. The van der Waals surface area contributed by atoms with Gasteiger partial charge in [-0.1, -0.05) is 6.92 Å². The van der Waals surface area contributed by atoms with E-state index in [4.69, 9.17) is 10.00 Å². The van der Waals surface area contributed by atoms with Crippen molar-refractivity contribution in [3.8, 4) is 6.07 Å². The zero-order valence-electron chi connectivity index (χ0n) is 11.8. The lowest BCUT2D eigenvalue weighted by molar-refractivity contribution is -0.384. The van der Waals surface area contributed by atoms with E-state index in [-0.39, 0.29) is 23.2 Å². The third kappa shape index (κ3) is 3.87. The number of rotatable bonds is 5. The van der Waals surface area contributed by atoms with Gasteiger partial charge in [-0.2, -0.15) is 5.26 Å². The molecule has 0 bridgehead atoms. The number of anilines is 1. The van der Waals surface area contributed by atoms with Crippen LogP contribution < -0.4 is 5.32 Å². The molecule has 0 aliphatic carbocycles. The van der Waals surface area contributed by atoms with E-state index in [0.29, 0.717) is 13.2 Å². The highest BCUT2D eigenvalue weighted by atomic mass is 16.6. The molecule has 2 heterocycles. The van der Waals surface area contributed by atoms with E-state index in [1.54, 1.807) is 0 Å². The van der Waals surface area contributed by atoms with Crippen molar-refractivity contribution in [2.24, 2.45) is 0 Å². The topological polar surface area (TPSA) is 104 Å². The first kappa shape index (κ1) is 15.2. The molecule has 1 N–H and O–H groups in total. The van der Waals surface area contributed by atoms with Gasteiger partial charge in [0.2, 0.25) is 5.82 Å². The lowest BCUT2D eigenvalue weighted by Gasteiger charge is -2.32. The zero-order valence-corrected chi connectivity index (χ0v) is 11.8. The maximum absolute atomic E-state index is 11.0. The largest absolute Gasteiger partial charge is 0.374 e. The van der Waals surface area contributed by atoms with E-state index >= 15 is 0 Å². The fourth-order valence-corrected chi connectivity index (χ4v) is 2.19. The average Bonchev–Trinajstić information content (AvgIpc) is 2.52. The van der Waals surface area contributed by atoms with Gasteiger partial charge in [0.15, 0.2) is 0 Å². The van der Waals surface area contributed by atoms with Gasteiger partial charge in [0.25, 0.3) is 0 Å². The normalized spacial score (nSPS) is 19.0. The Balaban J connectivity index is 2.03. The summed E-state index contributed by atoms with van der Waals surface area (Å²) in [6, 6.07) is 3.06. The molecule has 0 saturated carbocycles. The third-order valence-electron chi connectivity index (χ3n) is 3.36. The molecular weight excluding hydrogens is 274 g/mol. The van der Waals surface area contributed by atoms with Gasteiger partial charge in [0.1, 0.15) is 6.07 Å². The highest BCUT2D eigenvalue weighted by Crippen LogP contribution is 2.22. The SMILES string of the molecule is CCN1CCOC(CNc2ncc(C#N)cc2[N+](=O)[O-])C1. The number of nitrogens with zero attached hydrogens (tertiary/aromatic N) is 4. The smallest absolute Gasteiger partial charge is 0.312 e. The van der Waals surface area contributed by atoms with E-state index in [2.05, 4.69) is 22.1 Å². The number of ether oxygens (including phenoxy) is 1. The monoisotopic (exact) mass is 291 g/mol. The minimum absolute atomic E-state index is 0.0317. The minimum atomic E-state index is -0.545. The Morgan fingerprint density at radius 3 is 3.19 bits per heavy atom. The Morgan fingerprint density at radius 2 is 2.52 bits per heavy atom. The average molecular weight is 291 g/mol. The summed E-state index contributed by atoms with van der Waals surface area (Å²) in [6.07, 6.45) is 1.28. The van der Waals surface area contributed by atoms with Crippen molar-refractivity contribution in [1.82, 2.24) is 9.88 Å². The van der Waals surface area contributed by atoms with Gasteiger partial charge in [-0.25, -0.2) is 4.98 Å².